The predicted octanol–water partition coefficient (Wildman–Crippen LogP) is 2.97. The van der Waals surface area contributed by atoms with Crippen LogP contribution in [0.2, 0.25) is 5.02 Å². The van der Waals surface area contributed by atoms with E-state index < -0.39 is 5.51 Å². The van der Waals surface area contributed by atoms with Gasteiger partial charge in [0.05, 0.1) is 11.2 Å². The molecule has 2 rings (SSSR count). The number of hydrogen-bond acceptors (Lipinski definition) is 4. The van der Waals surface area contributed by atoms with Crippen LogP contribution in [0, 0.1) is 5.92 Å². The first-order chi connectivity index (χ1) is 9.37. The summed E-state index contributed by atoms with van der Waals surface area (Å²) in [6.45, 7) is 0.536. The van der Waals surface area contributed by atoms with Crippen LogP contribution in [0.3, 0.4) is 0 Å². The van der Waals surface area contributed by atoms with Crippen molar-refractivity contribution in [2.75, 3.05) is 17.6 Å². The summed E-state index contributed by atoms with van der Waals surface area (Å²) in [4.78, 5) is 12.1. The fraction of sp³-hybridized carbons (Fsp3) is 0.636. The third-order valence-corrected chi connectivity index (χ3v) is 3.82. The van der Waals surface area contributed by atoms with E-state index in [1.54, 1.807) is 0 Å². The lowest BCUT2D eigenvalue weighted by Crippen LogP contribution is -2.27. The lowest BCUT2D eigenvalue weighted by atomic mass is 10.4. The maximum Gasteiger partial charge on any atom is 0.441 e. The van der Waals surface area contributed by atoms with Gasteiger partial charge in [0.2, 0.25) is 0 Å². The van der Waals surface area contributed by atoms with Crippen molar-refractivity contribution in [3.63, 3.8) is 0 Å². The predicted molar refractivity (Wildman–Crippen MR) is 73.2 cm³/mol. The normalized spacial score (nSPS) is 15.4. The average Bonchev–Trinajstić information content (AvgIpc) is 3.14. The van der Waals surface area contributed by atoms with Crippen LogP contribution in [0.15, 0.2) is 11.0 Å². The van der Waals surface area contributed by atoms with Gasteiger partial charge in [-0.15, -0.1) is 0 Å². The van der Waals surface area contributed by atoms with E-state index in [9.17, 15) is 18.0 Å². The summed E-state index contributed by atoms with van der Waals surface area (Å²) < 4.78 is 37.3. The minimum atomic E-state index is -4.27. The molecule has 1 fully saturated rings. The Morgan fingerprint density at radius 2 is 2.20 bits per heavy atom. The lowest BCUT2D eigenvalue weighted by molar-refractivity contribution is -0.0327. The summed E-state index contributed by atoms with van der Waals surface area (Å²) in [5.74, 6) is 0.277. The van der Waals surface area contributed by atoms with Gasteiger partial charge in [0.25, 0.3) is 5.56 Å². The quantitative estimate of drug-likeness (QED) is 0.816. The van der Waals surface area contributed by atoms with Crippen LogP contribution < -0.4 is 10.9 Å². The molecule has 112 valence electrons. The van der Waals surface area contributed by atoms with Crippen LogP contribution in [-0.2, 0) is 6.54 Å². The second kappa shape index (κ2) is 6.26. The SMILES string of the molecule is O=c1c(NCCSC(F)(F)F)c(Cl)cnn1CC1CC1. The number of aromatic nitrogens is 2. The van der Waals surface area contributed by atoms with Gasteiger partial charge in [-0.2, -0.15) is 18.3 Å². The number of nitrogens with one attached hydrogen (secondary N) is 1. The van der Waals surface area contributed by atoms with Gasteiger partial charge in [0.15, 0.2) is 0 Å². The maximum absolute atomic E-state index is 12.1. The molecule has 0 spiro atoms. The van der Waals surface area contributed by atoms with E-state index in [2.05, 4.69) is 10.4 Å². The van der Waals surface area contributed by atoms with Gasteiger partial charge in [0.1, 0.15) is 5.69 Å². The highest BCUT2D eigenvalue weighted by atomic mass is 35.5. The summed E-state index contributed by atoms with van der Waals surface area (Å²) in [5, 5.41) is 6.72. The van der Waals surface area contributed by atoms with Gasteiger partial charge in [-0.05, 0) is 30.5 Å². The fourth-order valence-corrected chi connectivity index (χ4v) is 2.27. The minimum Gasteiger partial charge on any atom is -0.378 e. The summed E-state index contributed by atoms with van der Waals surface area (Å²) >= 11 is 5.71. The number of thioether (sulfide) groups is 1. The van der Waals surface area contributed by atoms with E-state index in [1.807, 2.05) is 0 Å². The van der Waals surface area contributed by atoms with Crippen LogP contribution >= 0.6 is 23.4 Å². The number of rotatable bonds is 6. The first-order valence-corrected chi connectivity index (χ1v) is 7.43. The Labute approximate surface area is 122 Å². The molecule has 20 heavy (non-hydrogen) atoms. The highest BCUT2D eigenvalue weighted by molar-refractivity contribution is 8.00. The molecule has 0 radical (unpaired) electrons. The van der Waals surface area contributed by atoms with Crippen LogP contribution in [0.1, 0.15) is 12.8 Å². The number of halogens is 4. The molecule has 0 aliphatic heterocycles. The Balaban J connectivity index is 1.97. The van der Waals surface area contributed by atoms with Crippen LogP contribution in [-0.4, -0.2) is 27.6 Å². The fourth-order valence-electron chi connectivity index (χ4n) is 1.65. The van der Waals surface area contributed by atoms with Crippen molar-refractivity contribution in [1.82, 2.24) is 9.78 Å². The molecule has 1 saturated carbocycles. The number of anilines is 1. The molecule has 0 amide bonds. The summed E-state index contributed by atoms with van der Waals surface area (Å²) in [5.41, 5.74) is -4.54. The zero-order valence-corrected chi connectivity index (χ0v) is 12.0. The van der Waals surface area contributed by atoms with Crippen molar-refractivity contribution in [2.24, 2.45) is 5.92 Å². The summed E-state index contributed by atoms with van der Waals surface area (Å²) in [7, 11) is 0. The maximum atomic E-state index is 12.1. The molecule has 1 N–H and O–H groups in total. The molecule has 1 aliphatic rings. The summed E-state index contributed by atoms with van der Waals surface area (Å²) in [6.07, 6.45) is 3.48. The lowest BCUT2D eigenvalue weighted by Gasteiger charge is -2.11. The molecule has 1 aromatic heterocycles. The van der Waals surface area contributed by atoms with Crippen molar-refractivity contribution in [1.29, 1.82) is 0 Å². The zero-order valence-electron chi connectivity index (χ0n) is 10.4. The number of alkyl halides is 3. The second-order valence-electron chi connectivity index (χ2n) is 4.52. The largest absolute Gasteiger partial charge is 0.441 e. The number of hydrogen-bond donors (Lipinski definition) is 1. The Bertz CT molecular complexity index is 531. The molecule has 4 nitrogen and oxygen atoms in total. The molecule has 0 aromatic carbocycles. The first-order valence-electron chi connectivity index (χ1n) is 6.07. The van der Waals surface area contributed by atoms with Crippen molar-refractivity contribution in [2.45, 2.75) is 24.9 Å². The van der Waals surface area contributed by atoms with Crippen LogP contribution in [0.4, 0.5) is 18.9 Å². The van der Waals surface area contributed by atoms with E-state index in [-0.39, 0.29) is 40.3 Å². The molecule has 0 unspecified atom stereocenters. The Hall–Kier alpha value is -0.890. The van der Waals surface area contributed by atoms with Crippen LogP contribution in [0.25, 0.3) is 0 Å². The first kappa shape index (κ1) is 15.5. The molecule has 0 atom stereocenters. The van der Waals surface area contributed by atoms with Crippen molar-refractivity contribution < 1.29 is 13.2 Å². The molecule has 1 aromatic rings. The molecule has 1 heterocycles. The molecule has 9 heteroatoms. The summed E-state index contributed by atoms with van der Waals surface area (Å²) in [6, 6.07) is 0. The van der Waals surface area contributed by atoms with Crippen molar-refractivity contribution >= 4 is 29.1 Å². The third kappa shape index (κ3) is 4.59. The zero-order chi connectivity index (χ0) is 14.8. The van der Waals surface area contributed by atoms with Crippen LogP contribution in [0.5, 0.6) is 0 Å². The van der Waals surface area contributed by atoms with Crippen molar-refractivity contribution in [3.8, 4) is 0 Å². The van der Waals surface area contributed by atoms with E-state index in [0.29, 0.717) is 12.5 Å². The highest BCUT2D eigenvalue weighted by Crippen LogP contribution is 2.31. The molecule has 0 bridgehead atoms. The van der Waals surface area contributed by atoms with E-state index in [4.69, 9.17) is 11.6 Å². The average molecular weight is 328 g/mol. The molecular formula is C11H13ClF3N3OS. The van der Waals surface area contributed by atoms with Gasteiger partial charge in [-0.1, -0.05) is 11.6 Å². The van der Waals surface area contributed by atoms with Gasteiger partial charge in [-0.25, -0.2) is 4.68 Å². The van der Waals surface area contributed by atoms with E-state index in [0.717, 1.165) is 12.8 Å². The Morgan fingerprint density at radius 1 is 1.50 bits per heavy atom. The van der Waals surface area contributed by atoms with Crippen molar-refractivity contribution in [3.05, 3.63) is 21.6 Å². The van der Waals surface area contributed by atoms with E-state index in [1.165, 1.54) is 10.9 Å². The molecule has 1 aliphatic carbocycles. The smallest absolute Gasteiger partial charge is 0.378 e. The number of nitrogens with zero attached hydrogens (tertiary/aromatic N) is 2. The van der Waals surface area contributed by atoms with Gasteiger partial charge in [-0.3, -0.25) is 4.79 Å². The Morgan fingerprint density at radius 3 is 2.80 bits per heavy atom. The second-order valence-corrected chi connectivity index (χ2v) is 6.09. The van der Waals surface area contributed by atoms with E-state index >= 15 is 0 Å². The highest BCUT2D eigenvalue weighted by Gasteiger charge is 2.27. The van der Waals surface area contributed by atoms with Gasteiger partial charge >= 0.3 is 5.51 Å². The minimum absolute atomic E-state index is 0.00653. The molecule has 0 saturated heterocycles. The standard InChI is InChI=1S/C11H13ClF3N3OS/c12-8-5-17-18(6-7-1-2-7)10(19)9(8)16-3-4-20-11(13,14)15/h5,7,16H,1-4,6H2. The molecular weight excluding hydrogens is 315 g/mol. The van der Waals surface area contributed by atoms with Gasteiger partial charge in [0, 0.05) is 18.8 Å². The monoisotopic (exact) mass is 327 g/mol. The third-order valence-electron chi connectivity index (χ3n) is 2.80. The topological polar surface area (TPSA) is 46.9 Å². The Kier molecular flexibility index (Phi) is 4.85. The van der Waals surface area contributed by atoms with Gasteiger partial charge < -0.3 is 5.32 Å².